The SMILES string of the molecule is CCC[C@@]1(c2ccccc2)NC(=O)N(CC(=O)Nc2ccc(F)c(Cl)c2)C1=O. The summed E-state index contributed by atoms with van der Waals surface area (Å²) in [5.41, 5.74) is -0.248. The van der Waals surface area contributed by atoms with Gasteiger partial charge in [-0.2, -0.15) is 0 Å². The van der Waals surface area contributed by atoms with E-state index in [9.17, 15) is 18.8 Å². The molecule has 1 fully saturated rings. The smallest absolute Gasteiger partial charge is 0.324 e. The van der Waals surface area contributed by atoms with Crippen molar-refractivity contribution in [1.82, 2.24) is 10.2 Å². The maximum atomic E-state index is 13.2. The molecule has 146 valence electrons. The van der Waals surface area contributed by atoms with E-state index < -0.39 is 35.7 Å². The molecule has 3 rings (SSSR count). The Morgan fingerprint density at radius 3 is 2.57 bits per heavy atom. The van der Waals surface area contributed by atoms with E-state index in [4.69, 9.17) is 11.6 Å². The summed E-state index contributed by atoms with van der Waals surface area (Å²) >= 11 is 5.70. The maximum Gasteiger partial charge on any atom is 0.325 e. The summed E-state index contributed by atoms with van der Waals surface area (Å²) in [7, 11) is 0. The van der Waals surface area contributed by atoms with Crippen molar-refractivity contribution in [3.8, 4) is 0 Å². The van der Waals surface area contributed by atoms with Crippen LogP contribution in [-0.4, -0.2) is 29.3 Å². The van der Waals surface area contributed by atoms with Crippen LogP contribution in [0.25, 0.3) is 0 Å². The average Bonchev–Trinajstić information content (AvgIpc) is 2.91. The molecule has 1 atom stereocenters. The molecule has 1 aliphatic rings. The van der Waals surface area contributed by atoms with E-state index >= 15 is 0 Å². The summed E-state index contributed by atoms with van der Waals surface area (Å²) in [6, 6.07) is 12.0. The van der Waals surface area contributed by atoms with Crippen LogP contribution in [0.15, 0.2) is 48.5 Å². The molecule has 2 N–H and O–H groups in total. The number of amides is 4. The molecule has 0 spiro atoms. The summed E-state index contributed by atoms with van der Waals surface area (Å²) < 4.78 is 13.2. The van der Waals surface area contributed by atoms with E-state index in [0.29, 0.717) is 18.4 Å². The molecule has 0 aliphatic carbocycles. The number of nitrogens with zero attached hydrogens (tertiary/aromatic N) is 1. The fourth-order valence-corrected chi connectivity index (χ4v) is 3.48. The van der Waals surface area contributed by atoms with Gasteiger partial charge in [0.1, 0.15) is 17.9 Å². The number of hydrogen-bond acceptors (Lipinski definition) is 3. The third-order valence-corrected chi connectivity index (χ3v) is 4.86. The number of rotatable bonds is 6. The molecule has 2 aromatic rings. The lowest BCUT2D eigenvalue weighted by Crippen LogP contribution is -2.44. The Morgan fingerprint density at radius 1 is 1.21 bits per heavy atom. The third-order valence-electron chi connectivity index (χ3n) is 4.57. The number of benzene rings is 2. The summed E-state index contributed by atoms with van der Waals surface area (Å²) in [5.74, 6) is -1.68. The second-order valence-corrected chi connectivity index (χ2v) is 6.93. The van der Waals surface area contributed by atoms with Gasteiger partial charge in [0.25, 0.3) is 5.91 Å². The number of carbonyl (C=O) groups is 3. The molecule has 2 aromatic carbocycles. The van der Waals surface area contributed by atoms with Gasteiger partial charge in [0.2, 0.25) is 5.91 Å². The van der Waals surface area contributed by atoms with Crippen molar-refractivity contribution < 1.29 is 18.8 Å². The van der Waals surface area contributed by atoms with Crippen LogP contribution in [0.3, 0.4) is 0 Å². The van der Waals surface area contributed by atoms with E-state index in [2.05, 4.69) is 10.6 Å². The van der Waals surface area contributed by atoms with Gasteiger partial charge in [-0.15, -0.1) is 0 Å². The number of hydrogen-bond donors (Lipinski definition) is 2. The van der Waals surface area contributed by atoms with Crippen LogP contribution in [0.5, 0.6) is 0 Å². The normalized spacial score (nSPS) is 18.9. The fourth-order valence-electron chi connectivity index (χ4n) is 3.29. The lowest BCUT2D eigenvalue weighted by Gasteiger charge is -2.26. The zero-order valence-electron chi connectivity index (χ0n) is 15.2. The molecule has 1 aliphatic heterocycles. The van der Waals surface area contributed by atoms with Gasteiger partial charge in [0.05, 0.1) is 5.02 Å². The van der Waals surface area contributed by atoms with Crippen molar-refractivity contribution in [2.45, 2.75) is 25.3 Å². The molecule has 0 saturated carbocycles. The molecule has 4 amide bonds. The van der Waals surface area contributed by atoms with Crippen LogP contribution in [0, 0.1) is 5.82 Å². The highest BCUT2D eigenvalue weighted by molar-refractivity contribution is 6.31. The molecular formula is C20H19ClFN3O3. The van der Waals surface area contributed by atoms with Gasteiger partial charge in [-0.1, -0.05) is 55.3 Å². The van der Waals surface area contributed by atoms with Crippen LogP contribution in [0.2, 0.25) is 5.02 Å². The van der Waals surface area contributed by atoms with Crippen LogP contribution >= 0.6 is 11.6 Å². The first-order chi connectivity index (χ1) is 13.4. The minimum absolute atomic E-state index is 0.140. The number of anilines is 1. The van der Waals surface area contributed by atoms with Gasteiger partial charge in [-0.25, -0.2) is 9.18 Å². The molecule has 0 aromatic heterocycles. The minimum atomic E-state index is -1.19. The molecule has 1 saturated heterocycles. The van der Waals surface area contributed by atoms with E-state index in [0.717, 1.165) is 11.0 Å². The van der Waals surface area contributed by atoms with Gasteiger partial charge in [0.15, 0.2) is 0 Å². The lowest BCUT2D eigenvalue weighted by atomic mass is 9.85. The van der Waals surface area contributed by atoms with Gasteiger partial charge in [-0.3, -0.25) is 14.5 Å². The second-order valence-electron chi connectivity index (χ2n) is 6.52. The number of halogens is 2. The first kappa shape index (κ1) is 19.8. The second kappa shape index (κ2) is 7.98. The highest BCUT2D eigenvalue weighted by Crippen LogP contribution is 2.33. The van der Waals surface area contributed by atoms with Gasteiger partial charge < -0.3 is 10.6 Å². The predicted molar refractivity (Wildman–Crippen MR) is 103 cm³/mol. The van der Waals surface area contributed by atoms with Crippen molar-refractivity contribution in [3.05, 3.63) is 64.9 Å². The summed E-state index contributed by atoms with van der Waals surface area (Å²) in [4.78, 5) is 38.8. The van der Waals surface area contributed by atoms with Crippen molar-refractivity contribution in [3.63, 3.8) is 0 Å². The molecule has 0 radical (unpaired) electrons. The zero-order valence-corrected chi connectivity index (χ0v) is 15.9. The Hall–Kier alpha value is -2.93. The summed E-state index contributed by atoms with van der Waals surface area (Å²) in [6.45, 7) is 1.45. The van der Waals surface area contributed by atoms with E-state index in [-0.39, 0.29) is 10.7 Å². The Bertz CT molecular complexity index is 922. The Labute approximate surface area is 166 Å². The van der Waals surface area contributed by atoms with Crippen LogP contribution in [0.1, 0.15) is 25.3 Å². The van der Waals surface area contributed by atoms with Crippen molar-refractivity contribution in [2.24, 2.45) is 0 Å². The number of carbonyl (C=O) groups excluding carboxylic acids is 3. The largest absolute Gasteiger partial charge is 0.325 e. The Kier molecular flexibility index (Phi) is 5.65. The van der Waals surface area contributed by atoms with Crippen LogP contribution in [-0.2, 0) is 15.1 Å². The zero-order chi connectivity index (χ0) is 20.3. The van der Waals surface area contributed by atoms with Crippen molar-refractivity contribution in [2.75, 3.05) is 11.9 Å². The monoisotopic (exact) mass is 403 g/mol. The van der Waals surface area contributed by atoms with Crippen LogP contribution < -0.4 is 10.6 Å². The van der Waals surface area contributed by atoms with E-state index in [1.54, 1.807) is 24.3 Å². The molecule has 0 bridgehead atoms. The molecule has 6 nitrogen and oxygen atoms in total. The minimum Gasteiger partial charge on any atom is -0.324 e. The predicted octanol–water partition coefficient (Wildman–Crippen LogP) is 3.67. The molecule has 0 unspecified atom stereocenters. The highest BCUT2D eigenvalue weighted by Gasteiger charge is 2.52. The first-order valence-electron chi connectivity index (χ1n) is 8.82. The third kappa shape index (κ3) is 3.71. The van der Waals surface area contributed by atoms with Gasteiger partial charge in [-0.05, 0) is 30.2 Å². The maximum absolute atomic E-state index is 13.2. The molecular weight excluding hydrogens is 385 g/mol. The summed E-state index contributed by atoms with van der Waals surface area (Å²) in [5, 5.41) is 5.13. The van der Waals surface area contributed by atoms with Gasteiger partial charge in [0, 0.05) is 5.69 Å². The summed E-state index contributed by atoms with van der Waals surface area (Å²) in [6.07, 6.45) is 1.07. The average molecular weight is 404 g/mol. The number of urea groups is 1. The number of imide groups is 1. The lowest BCUT2D eigenvalue weighted by molar-refractivity contribution is -0.134. The van der Waals surface area contributed by atoms with Crippen LogP contribution in [0.4, 0.5) is 14.9 Å². The van der Waals surface area contributed by atoms with Gasteiger partial charge >= 0.3 is 6.03 Å². The van der Waals surface area contributed by atoms with Crippen molar-refractivity contribution in [1.29, 1.82) is 0 Å². The Morgan fingerprint density at radius 2 is 1.93 bits per heavy atom. The Balaban J connectivity index is 1.79. The fraction of sp³-hybridized carbons (Fsp3) is 0.250. The quantitative estimate of drug-likeness (QED) is 0.722. The van der Waals surface area contributed by atoms with E-state index in [1.165, 1.54) is 12.1 Å². The first-order valence-corrected chi connectivity index (χ1v) is 9.19. The molecule has 1 heterocycles. The standard InChI is InChI=1S/C20H19ClFN3O3/c1-2-10-20(13-6-4-3-5-7-13)18(27)25(19(28)24-20)12-17(26)23-14-8-9-16(22)15(21)11-14/h3-9,11H,2,10,12H2,1H3,(H,23,26)(H,24,28)/t20-/m0/s1. The highest BCUT2D eigenvalue weighted by atomic mass is 35.5. The topological polar surface area (TPSA) is 78.5 Å². The molecule has 28 heavy (non-hydrogen) atoms. The number of nitrogens with one attached hydrogen (secondary N) is 2. The van der Waals surface area contributed by atoms with Crippen molar-refractivity contribution >= 4 is 35.1 Å². The molecule has 8 heteroatoms. The van der Waals surface area contributed by atoms with E-state index in [1.807, 2.05) is 13.0 Å².